The van der Waals surface area contributed by atoms with Gasteiger partial charge in [-0.1, -0.05) is 62.8 Å². The van der Waals surface area contributed by atoms with Gasteiger partial charge in [-0.3, -0.25) is 11.3 Å². The lowest BCUT2D eigenvalue weighted by Crippen LogP contribution is -2.28. The summed E-state index contributed by atoms with van der Waals surface area (Å²) in [5, 5.41) is 0. The molecule has 2 heteroatoms. The number of rotatable bonds is 8. The number of benzene rings is 1. The van der Waals surface area contributed by atoms with Gasteiger partial charge in [0.05, 0.1) is 0 Å². The first-order chi connectivity index (χ1) is 8.69. The van der Waals surface area contributed by atoms with Gasteiger partial charge < -0.3 is 0 Å². The summed E-state index contributed by atoms with van der Waals surface area (Å²) in [7, 11) is 0. The molecule has 0 saturated carbocycles. The van der Waals surface area contributed by atoms with Crippen LogP contribution in [0.4, 0.5) is 0 Å². The van der Waals surface area contributed by atoms with Crippen LogP contribution in [0.5, 0.6) is 0 Å². The minimum atomic E-state index is 0.298. The van der Waals surface area contributed by atoms with Crippen molar-refractivity contribution in [2.75, 3.05) is 0 Å². The summed E-state index contributed by atoms with van der Waals surface area (Å²) in [6.07, 6.45) is 7.70. The molecule has 1 atom stereocenters. The second-order valence-electron chi connectivity index (χ2n) is 5.28. The summed E-state index contributed by atoms with van der Waals surface area (Å²) in [4.78, 5) is 0. The van der Waals surface area contributed by atoms with Crippen molar-refractivity contribution >= 4 is 0 Å². The van der Waals surface area contributed by atoms with Crippen LogP contribution in [0.15, 0.2) is 18.2 Å². The Hall–Kier alpha value is -0.860. The summed E-state index contributed by atoms with van der Waals surface area (Å²) in [5.41, 5.74) is 6.97. The Morgan fingerprint density at radius 3 is 2.44 bits per heavy atom. The highest BCUT2D eigenvalue weighted by atomic mass is 15.2. The molecule has 0 bridgehead atoms. The molecular formula is C16H28N2. The minimum absolute atomic E-state index is 0.298. The van der Waals surface area contributed by atoms with Crippen molar-refractivity contribution in [3.63, 3.8) is 0 Å². The summed E-state index contributed by atoms with van der Waals surface area (Å²) in [6, 6.07) is 6.91. The number of hydrazine groups is 1. The van der Waals surface area contributed by atoms with Crippen molar-refractivity contribution < 1.29 is 0 Å². The van der Waals surface area contributed by atoms with E-state index < -0.39 is 0 Å². The van der Waals surface area contributed by atoms with Crippen molar-refractivity contribution in [2.24, 2.45) is 5.84 Å². The Kier molecular flexibility index (Phi) is 6.99. The normalized spacial score (nSPS) is 12.7. The van der Waals surface area contributed by atoms with Crippen molar-refractivity contribution in [1.29, 1.82) is 0 Å². The van der Waals surface area contributed by atoms with Crippen LogP contribution < -0.4 is 11.3 Å². The predicted octanol–water partition coefficient (Wildman–Crippen LogP) is 4.17. The highest BCUT2D eigenvalue weighted by molar-refractivity contribution is 5.32. The topological polar surface area (TPSA) is 38.0 Å². The van der Waals surface area contributed by atoms with Crippen LogP contribution in [0.2, 0.25) is 0 Å². The highest BCUT2D eigenvalue weighted by Gasteiger charge is 2.11. The van der Waals surface area contributed by atoms with Gasteiger partial charge >= 0.3 is 0 Å². The Balaban J connectivity index is 2.49. The monoisotopic (exact) mass is 248 g/mol. The summed E-state index contributed by atoms with van der Waals surface area (Å²) >= 11 is 0. The van der Waals surface area contributed by atoms with Gasteiger partial charge in [-0.2, -0.15) is 0 Å². The lowest BCUT2D eigenvalue weighted by Gasteiger charge is -2.19. The van der Waals surface area contributed by atoms with E-state index in [2.05, 4.69) is 44.4 Å². The standard InChI is InChI=1S/C16H28N2/c1-4-5-6-7-8-9-16(18-17)15-11-10-13(2)12-14(15)3/h10-12,16,18H,4-9,17H2,1-3H3. The van der Waals surface area contributed by atoms with E-state index in [1.807, 2.05) is 0 Å². The Bertz CT molecular complexity index is 347. The molecule has 0 radical (unpaired) electrons. The van der Waals surface area contributed by atoms with Crippen LogP contribution in [0.25, 0.3) is 0 Å². The molecule has 1 aromatic rings. The molecule has 3 N–H and O–H groups in total. The summed E-state index contributed by atoms with van der Waals surface area (Å²) in [6.45, 7) is 6.55. The lowest BCUT2D eigenvalue weighted by atomic mass is 9.95. The van der Waals surface area contributed by atoms with Gasteiger partial charge in [0.2, 0.25) is 0 Å². The summed E-state index contributed by atoms with van der Waals surface area (Å²) in [5.74, 6) is 5.70. The van der Waals surface area contributed by atoms with Crippen LogP contribution in [-0.4, -0.2) is 0 Å². The summed E-state index contributed by atoms with van der Waals surface area (Å²) < 4.78 is 0. The number of nitrogens with two attached hydrogens (primary N) is 1. The Morgan fingerprint density at radius 1 is 1.11 bits per heavy atom. The first-order valence-electron chi connectivity index (χ1n) is 7.22. The fourth-order valence-electron chi connectivity index (χ4n) is 2.50. The van der Waals surface area contributed by atoms with E-state index in [0.717, 1.165) is 6.42 Å². The number of hydrogen-bond acceptors (Lipinski definition) is 2. The smallest absolute Gasteiger partial charge is 0.0462 e. The van der Waals surface area contributed by atoms with Crippen molar-refractivity contribution in [2.45, 2.75) is 65.3 Å². The fourth-order valence-corrected chi connectivity index (χ4v) is 2.50. The molecule has 0 aromatic heterocycles. The zero-order chi connectivity index (χ0) is 13.4. The maximum absolute atomic E-state index is 5.70. The molecule has 0 amide bonds. The largest absolute Gasteiger partial charge is 0.271 e. The van der Waals surface area contributed by atoms with E-state index >= 15 is 0 Å². The van der Waals surface area contributed by atoms with Gasteiger partial charge in [0.1, 0.15) is 0 Å². The first-order valence-corrected chi connectivity index (χ1v) is 7.22. The van der Waals surface area contributed by atoms with Gasteiger partial charge in [0.15, 0.2) is 0 Å². The van der Waals surface area contributed by atoms with E-state index in [4.69, 9.17) is 5.84 Å². The quantitative estimate of drug-likeness (QED) is 0.412. The van der Waals surface area contributed by atoms with Crippen LogP contribution in [0, 0.1) is 13.8 Å². The highest BCUT2D eigenvalue weighted by Crippen LogP contribution is 2.23. The predicted molar refractivity (Wildman–Crippen MR) is 79.4 cm³/mol. The lowest BCUT2D eigenvalue weighted by molar-refractivity contribution is 0.477. The Morgan fingerprint density at radius 2 is 1.83 bits per heavy atom. The van der Waals surface area contributed by atoms with Gasteiger partial charge in [0.25, 0.3) is 0 Å². The molecule has 1 aromatic carbocycles. The number of aryl methyl sites for hydroxylation is 2. The molecule has 0 aliphatic heterocycles. The SMILES string of the molecule is CCCCCCCC(NN)c1ccc(C)cc1C. The molecule has 0 heterocycles. The zero-order valence-electron chi connectivity index (χ0n) is 12.1. The average Bonchev–Trinajstić information content (AvgIpc) is 2.35. The van der Waals surface area contributed by atoms with Crippen molar-refractivity contribution in [1.82, 2.24) is 5.43 Å². The van der Waals surface area contributed by atoms with E-state index in [1.165, 1.54) is 48.8 Å². The molecule has 18 heavy (non-hydrogen) atoms. The third-order valence-corrected chi connectivity index (χ3v) is 3.60. The van der Waals surface area contributed by atoms with Crippen LogP contribution in [0.1, 0.15) is 68.2 Å². The van der Waals surface area contributed by atoms with E-state index in [-0.39, 0.29) is 0 Å². The number of hydrogen-bond donors (Lipinski definition) is 2. The fraction of sp³-hybridized carbons (Fsp3) is 0.625. The average molecular weight is 248 g/mol. The third kappa shape index (κ3) is 4.79. The Labute approximate surface area is 112 Å². The number of nitrogens with one attached hydrogen (secondary N) is 1. The first kappa shape index (κ1) is 15.2. The van der Waals surface area contributed by atoms with Crippen molar-refractivity contribution in [3.8, 4) is 0 Å². The molecular weight excluding hydrogens is 220 g/mol. The zero-order valence-corrected chi connectivity index (χ0v) is 12.1. The van der Waals surface area contributed by atoms with Crippen LogP contribution in [-0.2, 0) is 0 Å². The minimum Gasteiger partial charge on any atom is -0.271 e. The van der Waals surface area contributed by atoms with Crippen molar-refractivity contribution in [3.05, 3.63) is 34.9 Å². The maximum Gasteiger partial charge on any atom is 0.0462 e. The van der Waals surface area contributed by atoms with E-state index in [9.17, 15) is 0 Å². The second-order valence-corrected chi connectivity index (χ2v) is 5.28. The van der Waals surface area contributed by atoms with E-state index in [1.54, 1.807) is 0 Å². The molecule has 0 fully saturated rings. The number of unbranched alkanes of at least 4 members (excludes halogenated alkanes) is 4. The molecule has 0 aliphatic carbocycles. The molecule has 1 rings (SSSR count). The van der Waals surface area contributed by atoms with Gasteiger partial charge in [-0.15, -0.1) is 0 Å². The molecule has 0 saturated heterocycles. The maximum atomic E-state index is 5.70. The second kappa shape index (κ2) is 8.28. The molecule has 102 valence electrons. The molecule has 0 aliphatic rings. The van der Waals surface area contributed by atoms with Gasteiger partial charge in [-0.05, 0) is 31.4 Å². The van der Waals surface area contributed by atoms with Crippen LogP contribution in [0.3, 0.4) is 0 Å². The van der Waals surface area contributed by atoms with E-state index in [0.29, 0.717) is 6.04 Å². The van der Waals surface area contributed by atoms with Gasteiger partial charge in [-0.25, -0.2) is 0 Å². The van der Waals surface area contributed by atoms with Crippen LogP contribution >= 0.6 is 0 Å². The third-order valence-electron chi connectivity index (χ3n) is 3.60. The molecule has 0 spiro atoms. The van der Waals surface area contributed by atoms with Gasteiger partial charge in [0, 0.05) is 6.04 Å². The molecule has 1 unspecified atom stereocenters. The molecule has 2 nitrogen and oxygen atoms in total.